The van der Waals surface area contributed by atoms with Crippen molar-refractivity contribution in [1.82, 2.24) is 44.0 Å². The number of nitrogens with one attached hydrogen (secondary N) is 1. The van der Waals surface area contributed by atoms with E-state index in [4.69, 9.17) is 19.8 Å². The number of methoxy groups -OCH3 is 2. The van der Waals surface area contributed by atoms with E-state index in [1.807, 2.05) is 63.2 Å². The molecule has 9 aromatic rings. The molecule has 0 atom stereocenters. The first-order valence-corrected chi connectivity index (χ1v) is 24.8. The molecule has 3 aromatic carbocycles. The fourth-order valence-corrected chi connectivity index (χ4v) is 8.49. The largest absolute Gasteiger partial charge is 1.00 e. The topological polar surface area (TPSA) is 223 Å². The van der Waals surface area contributed by atoms with Crippen molar-refractivity contribution >= 4 is 67.3 Å². The van der Waals surface area contributed by atoms with Crippen molar-refractivity contribution in [2.45, 2.75) is 100.0 Å². The van der Waals surface area contributed by atoms with Gasteiger partial charge in [-0.2, -0.15) is 0 Å². The van der Waals surface area contributed by atoms with Crippen LogP contribution in [0.5, 0.6) is 0 Å². The van der Waals surface area contributed by atoms with Crippen molar-refractivity contribution in [3.63, 3.8) is 0 Å². The van der Waals surface area contributed by atoms with Crippen LogP contribution >= 0.6 is 15.9 Å². The SMILES string of the molecule is CCc1nc2c(C)cc(C)nc2n1Cc1ccc(C(=O)O)cc1.CCc1nc2c(C)cc(C)nc2n1Cc1ccc(C(=O)OC)cc1.CCc1nc2nc(C)cc(C)c2[nH]1.COC(=O)c1ccc(CBr)cc1.[Li+].[OH-]. The maximum atomic E-state index is 11.5. The van der Waals surface area contributed by atoms with Crippen LogP contribution in [0.1, 0.15) is 120 Å². The van der Waals surface area contributed by atoms with Crippen LogP contribution in [-0.2, 0) is 47.2 Å². The van der Waals surface area contributed by atoms with Gasteiger partial charge in [-0.3, -0.25) is 0 Å². The Balaban J connectivity index is 0.000000221. The number of ether oxygens (including phenoxy) is 2. The predicted molar refractivity (Wildman–Crippen MR) is 287 cm³/mol. The number of fused-ring (bicyclic) bond motifs is 3. The maximum absolute atomic E-state index is 11.5. The second-order valence-electron chi connectivity index (χ2n) is 17.3. The number of alkyl halides is 1. The first-order valence-electron chi connectivity index (χ1n) is 23.7. The number of aromatic carboxylic acids is 1. The van der Waals surface area contributed by atoms with Gasteiger partial charge < -0.3 is 34.2 Å². The van der Waals surface area contributed by atoms with Gasteiger partial charge in [-0.1, -0.05) is 73.1 Å². The Morgan fingerprint density at radius 1 is 0.554 bits per heavy atom. The van der Waals surface area contributed by atoms with Crippen LogP contribution in [0.2, 0.25) is 0 Å². The predicted octanol–water partition coefficient (Wildman–Crippen LogP) is 8.13. The maximum Gasteiger partial charge on any atom is 1.00 e. The number of imidazole rings is 3. The van der Waals surface area contributed by atoms with Crippen LogP contribution < -0.4 is 18.9 Å². The van der Waals surface area contributed by atoms with Gasteiger partial charge in [0.15, 0.2) is 16.9 Å². The number of halogens is 1. The van der Waals surface area contributed by atoms with E-state index in [-0.39, 0.29) is 36.3 Å². The van der Waals surface area contributed by atoms with Crippen molar-refractivity contribution in [3.05, 3.63) is 176 Å². The van der Waals surface area contributed by atoms with E-state index in [1.54, 1.807) is 36.4 Å². The molecule has 18 heteroatoms. The van der Waals surface area contributed by atoms with Crippen LogP contribution in [0.25, 0.3) is 33.5 Å². The van der Waals surface area contributed by atoms with Crippen molar-refractivity contribution < 1.29 is 53.3 Å². The molecule has 0 amide bonds. The summed E-state index contributed by atoms with van der Waals surface area (Å²) in [6.45, 7) is 19.7. The summed E-state index contributed by atoms with van der Waals surface area (Å²) in [7, 11) is 2.76. The molecule has 0 aliphatic carbocycles. The van der Waals surface area contributed by atoms with E-state index >= 15 is 0 Å². The summed E-state index contributed by atoms with van der Waals surface area (Å²) in [6, 6.07) is 27.9. The number of carbonyl (C=O) groups excluding carboxylic acids is 2. The van der Waals surface area contributed by atoms with Gasteiger partial charge in [-0.15, -0.1) is 0 Å². The summed E-state index contributed by atoms with van der Waals surface area (Å²) in [5.74, 6) is 1.49. The molecule has 0 saturated heterocycles. The standard InChI is InChI=1S/C19H21N3O2.C18H19N3O2.C10H13N3.C9H9BrO2.Li.H2O/c1-5-16-21-17-12(2)10-13(3)20-18(17)22(16)11-14-6-8-15(9-7-14)19(23)24-4;1-4-15-20-16-11(2)9-12(3)19-17(16)21(15)10-13-5-7-14(8-6-13)18(22)23;1-4-8-12-9-6(2)5-7(3)11-10(9)13-8;1-12-9(11)8-4-2-7(6-10)3-5-8;;/h6-10H,5,11H2,1-4H3;5-9H,4,10H2,1-3H3,(H,22,23);5H,4H2,1-3H3,(H,11,12,13);2-5H,6H2,1H3;;1H2/q;;;;+1;/p-1. The molecular weight excluding hydrogens is 998 g/mol. The van der Waals surface area contributed by atoms with E-state index in [0.717, 1.165) is 120 Å². The van der Waals surface area contributed by atoms with E-state index in [1.165, 1.54) is 19.8 Å². The number of carbonyl (C=O) groups is 3. The van der Waals surface area contributed by atoms with Gasteiger partial charge >= 0.3 is 36.8 Å². The molecule has 0 saturated carbocycles. The fourth-order valence-electron chi connectivity index (χ4n) is 8.12. The smallest absolute Gasteiger partial charge is 0.870 e. The number of hydrogen-bond acceptors (Lipinski definition) is 12. The van der Waals surface area contributed by atoms with Crippen LogP contribution in [0.3, 0.4) is 0 Å². The quantitative estimate of drug-likeness (QED) is 0.0710. The molecule has 0 bridgehead atoms. The number of hydrogen-bond donors (Lipinski definition) is 2. The molecule has 0 aliphatic rings. The van der Waals surface area contributed by atoms with Gasteiger partial charge in [0.1, 0.15) is 28.5 Å². The second-order valence-corrected chi connectivity index (χ2v) is 17.8. The molecule has 0 unspecified atom stereocenters. The molecule has 74 heavy (non-hydrogen) atoms. The van der Waals surface area contributed by atoms with E-state index in [2.05, 4.69) is 108 Å². The van der Waals surface area contributed by atoms with Crippen LogP contribution in [0.4, 0.5) is 0 Å². The van der Waals surface area contributed by atoms with Crippen molar-refractivity contribution in [2.75, 3.05) is 14.2 Å². The number of aromatic amines is 1. The molecule has 9 rings (SSSR count). The Bertz CT molecular complexity index is 3350. The van der Waals surface area contributed by atoms with Crippen LogP contribution in [0.15, 0.2) is 91.0 Å². The molecule has 6 aromatic heterocycles. The number of esters is 2. The molecule has 0 fully saturated rings. The zero-order valence-electron chi connectivity index (χ0n) is 44.3. The number of pyridine rings is 3. The number of aryl methyl sites for hydroxylation is 9. The van der Waals surface area contributed by atoms with Gasteiger partial charge in [-0.05, 0) is 130 Å². The molecule has 0 aliphatic heterocycles. The minimum Gasteiger partial charge on any atom is -0.870 e. The zero-order valence-corrected chi connectivity index (χ0v) is 45.9. The third-order valence-corrected chi connectivity index (χ3v) is 12.4. The van der Waals surface area contributed by atoms with Gasteiger partial charge in [0.05, 0.1) is 49.5 Å². The number of rotatable bonds is 11. The number of carboxylic acids is 1. The van der Waals surface area contributed by atoms with E-state index < -0.39 is 5.97 Å². The Morgan fingerprint density at radius 3 is 1.32 bits per heavy atom. The third-order valence-electron chi connectivity index (χ3n) is 11.8. The fraction of sp³-hybridized carbons (Fsp3) is 0.304. The van der Waals surface area contributed by atoms with Gasteiger partial charge in [-0.25, -0.2) is 44.3 Å². The van der Waals surface area contributed by atoms with E-state index in [0.29, 0.717) is 29.8 Å². The molecule has 6 heterocycles. The average molecular weight is 1060 g/mol. The van der Waals surface area contributed by atoms with Crippen LogP contribution in [-0.4, -0.2) is 86.7 Å². The third kappa shape index (κ3) is 14.6. The number of aromatic nitrogens is 9. The Hall–Kier alpha value is -7.03. The summed E-state index contributed by atoms with van der Waals surface area (Å²) in [6.07, 6.45) is 2.59. The second kappa shape index (κ2) is 27.3. The van der Waals surface area contributed by atoms with Crippen molar-refractivity contribution in [3.8, 4) is 0 Å². The number of carboxylic acid groups (broad SMARTS) is 1. The van der Waals surface area contributed by atoms with Gasteiger partial charge in [0, 0.05) is 41.7 Å². The summed E-state index contributed by atoms with van der Waals surface area (Å²) in [5, 5.41) is 9.79. The summed E-state index contributed by atoms with van der Waals surface area (Å²) in [5.41, 5.74) is 16.8. The minimum absolute atomic E-state index is 0. The normalized spacial score (nSPS) is 10.5. The van der Waals surface area contributed by atoms with Gasteiger partial charge in [0.25, 0.3) is 0 Å². The number of H-pyrrole nitrogens is 1. The van der Waals surface area contributed by atoms with Crippen LogP contribution in [0, 0.1) is 41.5 Å². The van der Waals surface area contributed by atoms with Gasteiger partial charge in [0.2, 0.25) is 0 Å². The molecule has 382 valence electrons. The monoisotopic (exact) mass is 1060 g/mol. The number of nitrogens with zero attached hydrogens (tertiary/aromatic N) is 8. The molecule has 16 nitrogen and oxygen atoms in total. The zero-order chi connectivity index (χ0) is 52.2. The Labute approximate surface area is 452 Å². The molecule has 0 radical (unpaired) electrons. The summed E-state index contributed by atoms with van der Waals surface area (Å²) < 4.78 is 13.6. The summed E-state index contributed by atoms with van der Waals surface area (Å²) >= 11 is 3.32. The minimum atomic E-state index is -0.910. The number of benzene rings is 3. The first-order chi connectivity index (χ1) is 34.5. The van der Waals surface area contributed by atoms with Crippen molar-refractivity contribution in [2.24, 2.45) is 0 Å². The first kappa shape index (κ1) is 59.5. The molecular formula is C56H63BrLiN9O7. The molecule has 0 spiro atoms. The molecule has 3 N–H and O–H groups in total. The van der Waals surface area contributed by atoms with Crippen molar-refractivity contribution in [1.29, 1.82) is 0 Å². The Morgan fingerprint density at radius 2 is 0.946 bits per heavy atom. The Kier molecular flexibility index (Phi) is 22.0. The average Bonchev–Trinajstić information content (AvgIpc) is 4.08. The summed E-state index contributed by atoms with van der Waals surface area (Å²) in [4.78, 5) is 64.3. The van der Waals surface area contributed by atoms with E-state index in [9.17, 15) is 14.4 Å².